The van der Waals surface area contributed by atoms with Crippen molar-refractivity contribution in [2.45, 2.75) is 82.2 Å². The molecule has 0 bridgehead atoms. The van der Waals surface area contributed by atoms with Crippen molar-refractivity contribution in [2.24, 2.45) is 13.0 Å². The number of rotatable bonds is 7. The predicted octanol–water partition coefficient (Wildman–Crippen LogP) is 3.05. The van der Waals surface area contributed by atoms with Crippen molar-refractivity contribution in [3.63, 3.8) is 0 Å². The largest absolute Gasteiger partial charge is 0.419 e. The first kappa shape index (κ1) is 23.5. The third kappa shape index (κ3) is 5.98. The summed E-state index contributed by atoms with van der Waals surface area (Å²) in [6, 6.07) is 3.48. The molecule has 1 amide bonds. The maximum atomic E-state index is 13.0. The van der Waals surface area contributed by atoms with Crippen LogP contribution < -0.4 is 15.8 Å². The smallest absolute Gasteiger partial charge is 0.408 e. The molecular weight excluding hydrogens is 418 g/mol. The number of amides is 1. The van der Waals surface area contributed by atoms with Gasteiger partial charge in [0.25, 0.3) is 0 Å². The Bertz CT molecular complexity index is 1060. The fraction of sp³-hybridized carbons (Fsp3) is 0.636. The number of carbonyl (C=O) groups excluding carboxylic acids is 1. The lowest BCUT2D eigenvalue weighted by molar-refractivity contribution is -0.123. The normalized spacial score (nSPS) is 17.4. The second-order valence-corrected chi connectivity index (χ2v) is 10.6. The van der Waals surface area contributed by atoms with E-state index < -0.39 is 21.8 Å². The molecule has 1 saturated carbocycles. The topological polar surface area (TPSA) is 110 Å². The fourth-order valence-corrected chi connectivity index (χ4v) is 5.34. The third-order valence-corrected chi connectivity index (χ3v) is 7.32. The molecule has 2 aromatic rings. The van der Waals surface area contributed by atoms with E-state index in [2.05, 4.69) is 10.0 Å². The van der Waals surface area contributed by atoms with Crippen molar-refractivity contribution in [3.05, 3.63) is 28.7 Å². The Balaban J connectivity index is 1.78. The molecule has 1 unspecified atom stereocenters. The quantitative estimate of drug-likeness (QED) is 0.672. The summed E-state index contributed by atoms with van der Waals surface area (Å²) in [5.41, 5.74) is 0.694. The van der Waals surface area contributed by atoms with Gasteiger partial charge >= 0.3 is 5.76 Å². The number of hydrogen-bond acceptors (Lipinski definition) is 5. The van der Waals surface area contributed by atoms with Crippen LogP contribution in [0.3, 0.4) is 0 Å². The van der Waals surface area contributed by atoms with E-state index in [9.17, 15) is 18.0 Å². The molecular formula is C22H33N3O5S. The minimum Gasteiger partial charge on any atom is -0.408 e. The van der Waals surface area contributed by atoms with Gasteiger partial charge in [0.15, 0.2) is 5.58 Å². The monoisotopic (exact) mass is 451 g/mol. The first-order valence-electron chi connectivity index (χ1n) is 11.1. The molecule has 1 aromatic carbocycles. The number of hydrogen-bond donors (Lipinski definition) is 2. The van der Waals surface area contributed by atoms with Gasteiger partial charge in [-0.05, 0) is 37.3 Å². The van der Waals surface area contributed by atoms with Gasteiger partial charge in [-0.1, -0.05) is 46.0 Å². The molecule has 0 radical (unpaired) electrons. The number of aryl methyl sites for hydroxylation is 1. The highest BCUT2D eigenvalue weighted by molar-refractivity contribution is 7.89. The Kier molecular flexibility index (Phi) is 7.59. The molecule has 0 saturated heterocycles. The average Bonchev–Trinajstić information content (AvgIpc) is 2.96. The molecule has 31 heavy (non-hydrogen) atoms. The van der Waals surface area contributed by atoms with Crippen molar-refractivity contribution >= 4 is 27.0 Å². The Morgan fingerprint density at radius 2 is 1.81 bits per heavy atom. The highest BCUT2D eigenvalue weighted by Gasteiger charge is 2.28. The molecule has 1 atom stereocenters. The Hall–Kier alpha value is -2.13. The first-order valence-corrected chi connectivity index (χ1v) is 12.6. The summed E-state index contributed by atoms with van der Waals surface area (Å²) < 4.78 is 35.1. The second kappa shape index (κ2) is 9.99. The van der Waals surface area contributed by atoms with Crippen molar-refractivity contribution in [1.29, 1.82) is 0 Å². The minimum atomic E-state index is -3.98. The summed E-state index contributed by atoms with van der Waals surface area (Å²) in [7, 11) is -2.43. The molecule has 3 rings (SSSR count). The van der Waals surface area contributed by atoms with E-state index in [0.717, 1.165) is 25.7 Å². The molecule has 1 aromatic heterocycles. The lowest BCUT2D eigenvalue weighted by atomic mass is 9.96. The number of benzene rings is 1. The van der Waals surface area contributed by atoms with E-state index >= 15 is 0 Å². The Morgan fingerprint density at radius 1 is 1.16 bits per heavy atom. The lowest BCUT2D eigenvalue weighted by Gasteiger charge is -2.25. The molecule has 2 N–H and O–H groups in total. The maximum Gasteiger partial charge on any atom is 0.419 e. The van der Waals surface area contributed by atoms with E-state index in [-0.39, 0.29) is 28.3 Å². The summed E-state index contributed by atoms with van der Waals surface area (Å²) in [5, 5.41) is 3.08. The summed E-state index contributed by atoms with van der Waals surface area (Å²) in [6.45, 7) is 3.91. The van der Waals surface area contributed by atoms with Crippen LogP contribution in [0.4, 0.5) is 0 Å². The van der Waals surface area contributed by atoms with Gasteiger partial charge in [-0.15, -0.1) is 0 Å². The van der Waals surface area contributed by atoms with Crippen molar-refractivity contribution in [1.82, 2.24) is 14.6 Å². The molecule has 0 spiro atoms. The first-order chi connectivity index (χ1) is 14.7. The van der Waals surface area contributed by atoms with E-state index in [1.165, 1.54) is 42.0 Å². The Labute approximate surface area is 183 Å². The van der Waals surface area contributed by atoms with Gasteiger partial charge in [0.1, 0.15) is 6.04 Å². The van der Waals surface area contributed by atoms with Gasteiger partial charge < -0.3 is 9.73 Å². The number of fused-ring (bicyclic) bond motifs is 1. The van der Waals surface area contributed by atoms with Crippen LogP contribution in [-0.2, 0) is 21.9 Å². The van der Waals surface area contributed by atoms with Crippen LogP contribution in [0.2, 0.25) is 0 Å². The molecule has 1 aliphatic rings. The molecule has 1 heterocycles. The molecule has 0 aliphatic heterocycles. The summed E-state index contributed by atoms with van der Waals surface area (Å²) >= 11 is 0. The van der Waals surface area contributed by atoms with Crippen LogP contribution in [0.25, 0.3) is 11.1 Å². The zero-order chi connectivity index (χ0) is 22.6. The average molecular weight is 452 g/mol. The van der Waals surface area contributed by atoms with Gasteiger partial charge in [0, 0.05) is 19.2 Å². The predicted molar refractivity (Wildman–Crippen MR) is 119 cm³/mol. The van der Waals surface area contributed by atoms with Gasteiger partial charge in [0.05, 0.1) is 10.4 Å². The number of nitrogens with zero attached hydrogens (tertiary/aromatic N) is 1. The zero-order valence-electron chi connectivity index (χ0n) is 18.5. The van der Waals surface area contributed by atoms with E-state index in [1.54, 1.807) is 7.05 Å². The van der Waals surface area contributed by atoms with E-state index in [4.69, 9.17) is 4.42 Å². The van der Waals surface area contributed by atoms with Crippen LogP contribution in [0.1, 0.15) is 65.2 Å². The van der Waals surface area contributed by atoms with Gasteiger partial charge in [-0.25, -0.2) is 13.2 Å². The molecule has 8 nitrogen and oxygen atoms in total. The van der Waals surface area contributed by atoms with E-state index in [1.807, 2.05) is 13.8 Å². The molecule has 172 valence electrons. The molecule has 9 heteroatoms. The SMILES string of the molecule is CC(C)CC(NS(=O)(=O)c1ccc2c(c1)oc(=O)n2C)C(=O)NC1CCCCCCC1. The standard InChI is InChI=1S/C22H33N3O5S/c1-15(2)13-18(21(26)23-16-9-7-5-4-6-8-10-16)24-31(28,29)17-11-12-19-20(14-17)30-22(27)25(19)3/h11-12,14-16,18,24H,4-10,13H2,1-3H3,(H,23,26). The van der Waals surface area contributed by atoms with Crippen LogP contribution in [-0.4, -0.2) is 31.0 Å². The van der Waals surface area contributed by atoms with Crippen molar-refractivity contribution in [2.75, 3.05) is 0 Å². The number of carbonyl (C=O) groups is 1. The Morgan fingerprint density at radius 3 is 2.45 bits per heavy atom. The highest BCUT2D eigenvalue weighted by Crippen LogP contribution is 2.20. The zero-order valence-corrected chi connectivity index (χ0v) is 19.3. The third-order valence-electron chi connectivity index (χ3n) is 5.85. The molecule has 1 aliphatic carbocycles. The van der Waals surface area contributed by atoms with Crippen LogP contribution in [0.5, 0.6) is 0 Å². The fourth-order valence-electron chi connectivity index (χ4n) is 4.12. The second-order valence-electron chi connectivity index (χ2n) is 8.91. The van der Waals surface area contributed by atoms with Gasteiger partial charge in [-0.3, -0.25) is 9.36 Å². The number of aromatic nitrogens is 1. The minimum absolute atomic E-state index is 0.0399. The number of nitrogens with one attached hydrogen (secondary N) is 2. The van der Waals surface area contributed by atoms with Crippen molar-refractivity contribution < 1.29 is 17.6 Å². The maximum absolute atomic E-state index is 13.0. The van der Waals surface area contributed by atoms with Gasteiger partial charge in [0.2, 0.25) is 15.9 Å². The van der Waals surface area contributed by atoms with E-state index in [0.29, 0.717) is 11.9 Å². The van der Waals surface area contributed by atoms with Crippen LogP contribution in [0, 0.1) is 5.92 Å². The highest BCUT2D eigenvalue weighted by atomic mass is 32.2. The van der Waals surface area contributed by atoms with Crippen molar-refractivity contribution in [3.8, 4) is 0 Å². The summed E-state index contributed by atoms with van der Waals surface area (Å²) in [6.07, 6.45) is 7.98. The molecule has 1 fully saturated rings. The summed E-state index contributed by atoms with van der Waals surface area (Å²) in [5.74, 6) is -0.714. The van der Waals surface area contributed by atoms with Crippen LogP contribution >= 0.6 is 0 Å². The van der Waals surface area contributed by atoms with Crippen LogP contribution in [0.15, 0.2) is 32.3 Å². The lowest BCUT2D eigenvalue weighted by Crippen LogP contribution is -2.50. The number of oxazole rings is 1. The summed E-state index contributed by atoms with van der Waals surface area (Å²) in [4.78, 5) is 24.7. The van der Waals surface area contributed by atoms with Gasteiger partial charge in [-0.2, -0.15) is 4.72 Å². The number of sulfonamides is 1.